The number of anilines is 2. The number of fused-ring (bicyclic) bond motifs is 1. The second kappa shape index (κ2) is 6.38. The molecule has 0 aromatic heterocycles. The Balaban J connectivity index is 2.19. The summed E-state index contributed by atoms with van der Waals surface area (Å²) in [5.74, 6) is -0.846. The van der Waals surface area contributed by atoms with Crippen molar-refractivity contribution in [1.29, 1.82) is 0 Å². The van der Waals surface area contributed by atoms with Crippen molar-refractivity contribution in [1.82, 2.24) is 0 Å². The van der Waals surface area contributed by atoms with Gasteiger partial charge in [-0.3, -0.25) is 10.1 Å². The molecular formula is C18H24N2O5. The van der Waals surface area contributed by atoms with E-state index in [0.717, 1.165) is 10.6 Å². The maximum absolute atomic E-state index is 12.2. The Morgan fingerprint density at radius 3 is 2.32 bits per heavy atom. The van der Waals surface area contributed by atoms with Crippen molar-refractivity contribution >= 4 is 29.3 Å². The number of hydrogen-bond acceptors (Lipinski definition) is 5. The Morgan fingerprint density at radius 1 is 1.12 bits per heavy atom. The van der Waals surface area contributed by atoms with Gasteiger partial charge < -0.3 is 9.57 Å². The first-order valence-corrected chi connectivity index (χ1v) is 8.05. The molecule has 7 heteroatoms. The Bertz CT molecular complexity index is 713. The molecule has 7 nitrogen and oxygen atoms in total. The van der Waals surface area contributed by atoms with Crippen LogP contribution in [0.25, 0.3) is 0 Å². The van der Waals surface area contributed by atoms with E-state index < -0.39 is 23.1 Å². The van der Waals surface area contributed by atoms with Crippen molar-refractivity contribution in [2.24, 2.45) is 5.41 Å². The normalized spacial score (nSPS) is 14.2. The molecule has 1 aliphatic heterocycles. The number of amides is 2. The van der Waals surface area contributed by atoms with E-state index in [0.29, 0.717) is 11.4 Å². The number of hydrogen-bond donors (Lipinski definition) is 1. The van der Waals surface area contributed by atoms with E-state index in [2.05, 4.69) is 5.32 Å². The fraction of sp³-hybridized carbons (Fsp3) is 0.500. The molecule has 1 N–H and O–H groups in total. The van der Waals surface area contributed by atoms with Crippen LogP contribution in [0, 0.1) is 5.41 Å². The van der Waals surface area contributed by atoms with Crippen LogP contribution >= 0.6 is 0 Å². The lowest BCUT2D eigenvalue weighted by molar-refractivity contribution is -0.157. The van der Waals surface area contributed by atoms with Crippen molar-refractivity contribution < 1.29 is 24.0 Å². The first-order valence-electron chi connectivity index (χ1n) is 8.05. The van der Waals surface area contributed by atoms with E-state index in [1.807, 2.05) is 0 Å². The molecule has 0 atom stereocenters. The summed E-state index contributed by atoms with van der Waals surface area (Å²) in [6.45, 7) is 10.4. The summed E-state index contributed by atoms with van der Waals surface area (Å²) in [6, 6.07) is 4.97. The van der Waals surface area contributed by atoms with Gasteiger partial charge in [0.05, 0.1) is 17.5 Å². The maximum Gasteiger partial charge on any atom is 0.412 e. The summed E-state index contributed by atoms with van der Waals surface area (Å²) in [6.07, 6.45) is -0.463. The zero-order valence-electron chi connectivity index (χ0n) is 15.4. The summed E-state index contributed by atoms with van der Waals surface area (Å²) in [4.78, 5) is 41.4. The number of benzene rings is 1. The van der Waals surface area contributed by atoms with Crippen LogP contribution in [0.3, 0.4) is 0 Å². The topological polar surface area (TPSA) is 84.9 Å². The van der Waals surface area contributed by atoms with E-state index in [9.17, 15) is 14.4 Å². The van der Waals surface area contributed by atoms with Gasteiger partial charge in [-0.25, -0.2) is 9.59 Å². The molecular weight excluding hydrogens is 324 g/mol. The molecule has 0 radical (unpaired) electrons. The van der Waals surface area contributed by atoms with Gasteiger partial charge in [-0.15, -0.1) is 5.06 Å². The number of carbonyl (C=O) groups is 3. The molecule has 25 heavy (non-hydrogen) atoms. The van der Waals surface area contributed by atoms with E-state index >= 15 is 0 Å². The Hall–Kier alpha value is -2.57. The zero-order chi connectivity index (χ0) is 19.0. The van der Waals surface area contributed by atoms with E-state index in [4.69, 9.17) is 9.57 Å². The Labute approximate surface area is 147 Å². The lowest BCUT2D eigenvalue weighted by Crippen LogP contribution is -2.35. The van der Waals surface area contributed by atoms with Crippen LogP contribution in [0.4, 0.5) is 16.2 Å². The van der Waals surface area contributed by atoms with Crippen LogP contribution in [-0.2, 0) is 25.6 Å². The molecule has 1 aliphatic rings. The molecule has 2 amide bonds. The molecule has 2 rings (SSSR count). The van der Waals surface area contributed by atoms with Crippen LogP contribution in [0.2, 0.25) is 0 Å². The largest absolute Gasteiger partial charge is 0.444 e. The lowest BCUT2D eigenvalue weighted by Gasteiger charge is -2.22. The van der Waals surface area contributed by atoms with E-state index in [1.165, 1.54) is 0 Å². The summed E-state index contributed by atoms with van der Waals surface area (Å²) in [5, 5.41) is 3.60. The molecule has 0 fully saturated rings. The smallest absolute Gasteiger partial charge is 0.412 e. The summed E-state index contributed by atoms with van der Waals surface area (Å²) < 4.78 is 5.20. The van der Waals surface area contributed by atoms with Crippen molar-refractivity contribution in [3.63, 3.8) is 0 Å². The summed E-state index contributed by atoms with van der Waals surface area (Å²) in [7, 11) is 0. The number of ether oxygens (including phenoxy) is 1. The van der Waals surface area contributed by atoms with Crippen LogP contribution in [0.5, 0.6) is 0 Å². The first kappa shape index (κ1) is 18.8. The SMILES string of the molecule is CC(C)(C)OC(=O)Nc1ccc2c(c1)N(OC(=O)C(C)(C)C)C(=O)C2. The van der Waals surface area contributed by atoms with Gasteiger partial charge in [0.1, 0.15) is 5.60 Å². The minimum atomic E-state index is -0.741. The summed E-state index contributed by atoms with van der Waals surface area (Å²) in [5.41, 5.74) is 0.248. The molecule has 1 heterocycles. The van der Waals surface area contributed by atoms with Gasteiger partial charge in [0, 0.05) is 5.69 Å². The average molecular weight is 348 g/mol. The van der Waals surface area contributed by atoms with Crippen LogP contribution in [-0.4, -0.2) is 23.6 Å². The lowest BCUT2D eigenvalue weighted by atomic mass is 9.98. The minimum absolute atomic E-state index is 0.138. The van der Waals surface area contributed by atoms with Gasteiger partial charge in [0.25, 0.3) is 5.91 Å². The number of rotatable bonds is 2. The van der Waals surface area contributed by atoms with Crippen molar-refractivity contribution in [2.45, 2.75) is 53.6 Å². The highest BCUT2D eigenvalue weighted by atomic mass is 16.7. The predicted molar refractivity (Wildman–Crippen MR) is 93.0 cm³/mol. The van der Waals surface area contributed by atoms with Crippen LogP contribution in [0.15, 0.2) is 18.2 Å². The van der Waals surface area contributed by atoms with Crippen molar-refractivity contribution in [2.75, 3.05) is 10.4 Å². The van der Waals surface area contributed by atoms with E-state index in [-0.39, 0.29) is 12.3 Å². The van der Waals surface area contributed by atoms with Gasteiger partial charge >= 0.3 is 12.1 Å². The number of hydroxylamine groups is 1. The fourth-order valence-corrected chi connectivity index (χ4v) is 2.09. The predicted octanol–water partition coefficient (Wildman–Crippen LogP) is 3.43. The number of carbonyl (C=O) groups excluding carboxylic acids is 3. The molecule has 0 spiro atoms. The molecule has 0 unspecified atom stereocenters. The average Bonchev–Trinajstić information content (AvgIpc) is 2.71. The highest BCUT2D eigenvalue weighted by Crippen LogP contribution is 2.33. The standard InChI is InChI=1S/C18H24N2O5/c1-17(2,3)15(22)25-20-13-10-12(8-7-11(13)9-14(20)21)19-16(23)24-18(4,5)6/h7-8,10H,9H2,1-6H3,(H,19,23). The molecule has 0 saturated heterocycles. The number of nitrogens with zero attached hydrogens (tertiary/aromatic N) is 1. The molecule has 0 aliphatic carbocycles. The molecule has 136 valence electrons. The molecule has 0 bridgehead atoms. The second-order valence-corrected chi connectivity index (χ2v) is 7.96. The quantitative estimate of drug-likeness (QED) is 0.885. The zero-order valence-corrected chi connectivity index (χ0v) is 15.4. The highest BCUT2D eigenvalue weighted by molar-refractivity contribution is 6.02. The summed E-state index contributed by atoms with van der Waals surface area (Å²) >= 11 is 0. The van der Waals surface area contributed by atoms with Crippen molar-refractivity contribution in [3.05, 3.63) is 23.8 Å². The number of nitrogens with one attached hydrogen (secondary N) is 1. The Kier molecular flexibility index (Phi) is 4.79. The van der Waals surface area contributed by atoms with Gasteiger partial charge in [-0.1, -0.05) is 6.07 Å². The fourth-order valence-electron chi connectivity index (χ4n) is 2.09. The second-order valence-electron chi connectivity index (χ2n) is 7.96. The van der Waals surface area contributed by atoms with E-state index in [1.54, 1.807) is 59.7 Å². The Morgan fingerprint density at radius 2 is 1.76 bits per heavy atom. The van der Waals surface area contributed by atoms with Crippen LogP contribution < -0.4 is 10.4 Å². The van der Waals surface area contributed by atoms with Gasteiger partial charge in [0.15, 0.2) is 0 Å². The first-order chi connectivity index (χ1) is 11.4. The maximum atomic E-state index is 12.2. The monoisotopic (exact) mass is 348 g/mol. The van der Waals surface area contributed by atoms with Gasteiger partial charge in [-0.2, -0.15) is 0 Å². The molecule has 1 aromatic rings. The third-order valence-electron chi connectivity index (χ3n) is 3.30. The van der Waals surface area contributed by atoms with Crippen molar-refractivity contribution in [3.8, 4) is 0 Å². The van der Waals surface area contributed by atoms with Gasteiger partial charge in [0.2, 0.25) is 0 Å². The third-order valence-corrected chi connectivity index (χ3v) is 3.30. The minimum Gasteiger partial charge on any atom is -0.444 e. The molecule has 0 saturated carbocycles. The molecule has 1 aromatic carbocycles. The third kappa shape index (κ3) is 4.71. The van der Waals surface area contributed by atoms with Gasteiger partial charge in [-0.05, 0) is 59.2 Å². The highest BCUT2D eigenvalue weighted by Gasteiger charge is 2.34. The van der Waals surface area contributed by atoms with Crippen LogP contribution in [0.1, 0.15) is 47.1 Å².